The number of thiazole rings is 1. The van der Waals surface area contributed by atoms with E-state index in [0.29, 0.717) is 30.8 Å². The smallest absolute Gasteiger partial charge is 0.243 e. The highest BCUT2D eigenvalue weighted by atomic mass is 32.2. The summed E-state index contributed by atoms with van der Waals surface area (Å²) >= 11 is 1.55. The quantitative estimate of drug-likeness (QED) is 0.815. The zero-order valence-electron chi connectivity index (χ0n) is 14.8. The molecule has 1 aromatic carbocycles. The second-order valence-corrected chi connectivity index (χ2v) is 9.71. The molecule has 0 radical (unpaired) electrons. The maximum atomic E-state index is 13.1. The first-order chi connectivity index (χ1) is 13.0. The summed E-state index contributed by atoms with van der Waals surface area (Å²) in [6, 6.07) is 5.27. The van der Waals surface area contributed by atoms with Gasteiger partial charge in [-0.25, -0.2) is 13.4 Å². The van der Waals surface area contributed by atoms with Crippen LogP contribution in [-0.2, 0) is 21.2 Å². The third-order valence-electron chi connectivity index (χ3n) is 5.05. The number of amides is 1. The van der Waals surface area contributed by atoms with E-state index >= 15 is 0 Å². The van der Waals surface area contributed by atoms with Gasteiger partial charge in [-0.1, -0.05) is 0 Å². The highest BCUT2D eigenvalue weighted by Gasteiger charge is 2.30. The van der Waals surface area contributed by atoms with E-state index in [1.54, 1.807) is 40.0 Å². The molecule has 7 nitrogen and oxygen atoms in total. The Balaban J connectivity index is 1.46. The number of nitrogens with zero attached hydrogens (tertiary/aromatic N) is 2. The number of carbonyl (C=O) groups is 1. The van der Waals surface area contributed by atoms with Crippen molar-refractivity contribution in [3.63, 3.8) is 0 Å². The lowest BCUT2D eigenvalue weighted by atomic mass is 10.1. The molecule has 144 valence electrons. The molecule has 4 rings (SSSR count). The minimum atomic E-state index is -3.53. The van der Waals surface area contributed by atoms with Crippen LogP contribution in [0, 0.1) is 0 Å². The van der Waals surface area contributed by atoms with E-state index in [0.717, 1.165) is 35.6 Å². The molecule has 2 N–H and O–H groups in total. The molecule has 0 spiro atoms. The molecule has 1 saturated heterocycles. The predicted molar refractivity (Wildman–Crippen MR) is 106 cm³/mol. The highest BCUT2D eigenvalue weighted by molar-refractivity contribution is 7.89. The average molecular weight is 407 g/mol. The molecule has 0 aliphatic carbocycles. The van der Waals surface area contributed by atoms with Crippen LogP contribution in [0.2, 0.25) is 0 Å². The van der Waals surface area contributed by atoms with Crippen LogP contribution < -0.4 is 10.6 Å². The number of fused-ring (bicyclic) bond motifs is 1. The molecule has 1 amide bonds. The fraction of sp³-hybridized carbons (Fsp3) is 0.444. The predicted octanol–water partition coefficient (Wildman–Crippen LogP) is 2.68. The number of carbonyl (C=O) groups excluding carboxylic acids is 1. The molecule has 2 aliphatic rings. The molecule has 2 aromatic rings. The average Bonchev–Trinajstić information content (AvgIpc) is 3.08. The van der Waals surface area contributed by atoms with Gasteiger partial charge < -0.3 is 10.6 Å². The SMILES string of the molecule is O=C1CCCc2cc(S(=O)(=O)N3CCC(Nc4nccs4)CC3)ccc2N1. The number of aromatic nitrogens is 1. The van der Waals surface area contributed by atoms with E-state index in [9.17, 15) is 13.2 Å². The Morgan fingerprint density at radius 2 is 2.04 bits per heavy atom. The van der Waals surface area contributed by atoms with Crippen molar-refractivity contribution in [2.45, 2.75) is 43.0 Å². The highest BCUT2D eigenvalue weighted by Crippen LogP contribution is 2.28. The van der Waals surface area contributed by atoms with Crippen LogP contribution in [0.1, 0.15) is 31.2 Å². The van der Waals surface area contributed by atoms with Crippen LogP contribution in [-0.4, -0.2) is 42.7 Å². The fourth-order valence-electron chi connectivity index (χ4n) is 3.57. The number of nitrogens with one attached hydrogen (secondary N) is 2. The van der Waals surface area contributed by atoms with Gasteiger partial charge in [0.15, 0.2) is 5.13 Å². The van der Waals surface area contributed by atoms with E-state index < -0.39 is 10.0 Å². The molecule has 0 atom stereocenters. The molecule has 1 aromatic heterocycles. The van der Waals surface area contributed by atoms with Crippen molar-refractivity contribution in [3.8, 4) is 0 Å². The molecule has 0 bridgehead atoms. The van der Waals surface area contributed by atoms with Crippen molar-refractivity contribution in [1.29, 1.82) is 0 Å². The van der Waals surface area contributed by atoms with E-state index in [2.05, 4.69) is 15.6 Å². The number of sulfonamides is 1. The molecule has 27 heavy (non-hydrogen) atoms. The Kier molecular flexibility index (Phi) is 5.16. The van der Waals surface area contributed by atoms with E-state index in [1.807, 2.05) is 5.38 Å². The van der Waals surface area contributed by atoms with Crippen molar-refractivity contribution in [1.82, 2.24) is 9.29 Å². The summed E-state index contributed by atoms with van der Waals surface area (Å²) in [5.74, 6) is -0.0147. The second-order valence-electron chi connectivity index (χ2n) is 6.88. The summed E-state index contributed by atoms with van der Waals surface area (Å²) < 4.78 is 27.7. The second kappa shape index (κ2) is 7.57. The lowest BCUT2D eigenvalue weighted by molar-refractivity contribution is -0.116. The summed E-state index contributed by atoms with van der Waals surface area (Å²) in [5.41, 5.74) is 1.62. The van der Waals surface area contributed by atoms with Gasteiger partial charge in [0.25, 0.3) is 0 Å². The van der Waals surface area contributed by atoms with Gasteiger partial charge in [0.05, 0.1) is 4.90 Å². The maximum absolute atomic E-state index is 13.1. The van der Waals surface area contributed by atoms with E-state index in [-0.39, 0.29) is 11.9 Å². The Morgan fingerprint density at radius 1 is 1.22 bits per heavy atom. The van der Waals surface area contributed by atoms with Crippen LogP contribution in [0.25, 0.3) is 0 Å². The number of hydrogen-bond acceptors (Lipinski definition) is 6. The molecule has 9 heteroatoms. The van der Waals surface area contributed by atoms with Gasteiger partial charge in [0.1, 0.15) is 0 Å². The lowest BCUT2D eigenvalue weighted by Gasteiger charge is -2.31. The number of benzene rings is 1. The van der Waals surface area contributed by atoms with Crippen LogP contribution in [0.5, 0.6) is 0 Å². The molecule has 0 saturated carbocycles. The maximum Gasteiger partial charge on any atom is 0.243 e. The summed E-state index contributed by atoms with van der Waals surface area (Å²) in [7, 11) is -3.53. The van der Waals surface area contributed by atoms with Crippen LogP contribution >= 0.6 is 11.3 Å². The zero-order chi connectivity index (χ0) is 18.9. The van der Waals surface area contributed by atoms with Crippen molar-refractivity contribution >= 4 is 38.1 Å². The van der Waals surface area contributed by atoms with Gasteiger partial charge in [0, 0.05) is 42.8 Å². The first kappa shape index (κ1) is 18.4. The summed E-state index contributed by atoms with van der Waals surface area (Å²) in [4.78, 5) is 16.2. The Hall–Kier alpha value is -1.97. The monoisotopic (exact) mass is 406 g/mol. The van der Waals surface area contributed by atoms with Crippen LogP contribution in [0.3, 0.4) is 0 Å². The first-order valence-corrected chi connectivity index (χ1v) is 11.4. The number of aryl methyl sites for hydroxylation is 1. The van der Waals surface area contributed by atoms with Crippen LogP contribution in [0.4, 0.5) is 10.8 Å². The van der Waals surface area contributed by atoms with Gasteiger partial charge in [-0.2, -0.15) is 4.31 Å². The summed E-state index contributed by atoms with van der Waals surface area (Å²) in [6.45, 7) is 0.971. The van der Waals surface area contributed by atoms with Crippen molar-refractivity contribution in [2.75, 3.05) is 23.7 Å². The number of hydrogen-bond donors (Lipinski definition) is 2. The molecule has 0 unspecified atom stereocenters. The lowest BCUT2D eigenvalue weighted by Crippen LogP contribution is -2.42. The minimum absolute atomic E-state index is 0.0147. The standard InChI is InChI=1S/C18H22N4O3S2/c23-17-3-1-2-13-12-15(4-5-16(13)21-17)27(24,25)22-9-6-14(7-10-22)20-18-19-8-11-26-18/h4-5,8,11-12,14H,1-3,6-7,9-10H2,(H,19,20)(H,21,23). The molecular weight excluding hydrogens is 384 g/mol. The van der Waals surface area contributed by atoms with Crippen molar-refractivity contribution in [2.24, 2.45) is 0 Å². The number of anilines is 2. The molecular formula is C18H22N4O3S2. The number of piperidine rings is 1. The molecule has 2 aliphatic heterocycles. The topological polar surface area (TPSA) is 91.4 Å². The van der Waals surface area contributed by atoms with Gasteiger partial charge >= 0.3 is 0 Å². The van der Waals surface area contributed by atoms with Crippen molar-refractivity contribution in [3.05, 3.63) is 35.3 Å². The van der Waals surface area contributed by atoms with Gasteiger partial charge in [-0.3, -0.25) is 4.79 Å². The normalized spacial score (nSPS) is 19.2. The Labute approximate surface area is 162 Å². The molecule has 3 heterocycles. The number of rotatable bonds is 4. The first-order valence-electron chi connectivity index (χ1n) is 9.11. The van der Waals surface area contributed by atoms with E-state index in [4.69, 9.17) is 0 Å². The Bertz CT molecular complexity index is 920. The zero-order valence-corrected chi connectivity index (χ0v) is 16.5. The van der Waals surface area contributed by atoms with E-state index in [1.165, 1.54) is 0 Å². The third kappa shape index (κ3) is 3.99. The summed E-state index contributed by atoms with van der Waals surface area (Å²) in [6.07, 6.45) is 5.16. The fourth-order valence-corrected chi connectivity index (χ4v) is 5.70. The minimum Gasteiger partial charge on any atom is -0.359 e. The Morgan fingerprint density at radius 3 is 2.78 bits per heavy atom. The van der Waals surface area contributed by atoms with Gasteiger partial charge in [-0.15, -0.1) is 11.3 Å². The largest absolute Gasteiger partial charge is 0.359 e. The summed E-state index contributed by atoms with van der Waals surface area (Å²) in [5, 5.41) is 9.02. The van der Waals surface area contributed by atoms with Crippen molar-refractivity contribution < 1.29 is 13.2 Å². The van der Waals surface area contributed by atoms with Crippen LogP contribution in [0.15, 0.2) is 34.7 Å². The van der Waals surface area contributed by atoms with Gasteiger partial charge in [0.2, 0.25) is 15.9 Å². The third-order valence-corrected chi connectivity index (χ3v) is 7.65. The molecule has 1 fully saturated rings. The van der Waals surface area contributed by atoms with Gasteiger partial charge in [-0.05, 0) is 49.4 Å².